The number of rotatable bonds is 7. The lowest BCUT2D eigenvalue weighted by atomic mass is 10.2. The van der Waals surface area contributed by atoms with E-state index in [-0.39, 0.29) is 11.3 Å². The Labute approximate surface area is 162 Å². The second-order valence-corrected chi connectivity index (χ2v) is 8.05. The topological polar surface area (TPSA) is 62.7 Å². The molecule has 0 saturated carbocycles. The SMILES string of the molecule is CCC1=NC(SCC(=O)Nc2ccc(OC)cc2)c2cc(CC)sc2N1. The molecule has 0 radical (unpaired) electrons. The molecule has 1 atom stereocenters. The van der Waals surface area contributed by atoms with Gasteiger partial charge in [0.15, 0.2) is 0 Å². The van der Waals surface area contributed by atoms with E-state index in [4.69, 9.17) is 9.73 Å². The Morgan fingerprint density at radius 2 is 2.08 bits per heavy atom. The van der Waals surface area contributed by atoms with Crippen molar-refractivity contribution >= 4 is 45.5 Å². The highest BCUT2D eigenvalue weighted by atomic mass is 32.2. The molecule has 26 heavy (non-hydrogen) atoms. The fraction of sp³-hybridized carbons (Fsp3) is 0.368. The Morgan fingerprint density at radius 3 is 2.73 bits per heavy atom. The summed E-state index contributed by atoms with van der Waals surface area (Å²) in [6.45, 7) is 4.24. The largest absolute Gasteiger partial charge is 0.497 e. The molecule has 0 bridgehead atoms. The van der Waals surface area contributed by atoms with Gasteiger partial charge in [0.25, 0.3) is 0 Å². The van der Waals surface area contributed by atoms with Gasteiger partial charge in [-0.15, -0.1) is 23.1 Å². The van der Waals surface area contributed by atoms with E-state index in [2.05, 4.69) is 30.5 Å². The van der Waals surface area contributed by atoms with Gasteiger partial charge in [0, 0.05) is 22.5 Å². The molecule has 7 heteroatoms. The van der Waals surface area contributed by atoms with Crippen LogP contribution in [0.4, 0.5) is 10.7 Å². The summed E-state index contributed by atoms with van der Waals surface area (Å²) in [5.41, 5.74) is 1.95. The summed E-state index contributed by atoms with van der Waals surface area (Å²) in [7, 11) is 1.62. The zero-order chi connectivity index (χ0) is 18.5. The third kappa shape index (κ3) is 4.40. The molecule has 1 aromatic heterocycles. The molecule has 138 valence electrons. The number of thiophene rings is 1. The number of nitrogens with one attached hydrogen (secondary N) is 2. The maximum Gasteiger partial charge on any atom is 0.234 e. The summed E-state index contributed by atoms with van der Waals surface area (Å²) in [4.78, 5) is 18.4. The van der Waals surface area contributed by atoms with E-state index >= 15 is 0 Å². The van der Waals surface area contributed by atoms with Gasteiger partial charge in [-0.05, 0) is 36.8 Å². The number of thioether (sulfide) groups is 1. The van der Waals surface area contributed by atoms with Crippen LogP contribution in [0.25, 0.3) is 0 Å². The van der Waals surface area contributed by atoms with Gasteiger partial charge in [0.1, 0.15) is 22.0 Å². The van der Waals surface area contributed by atoms with Crippen LogP contribution in [0.2, 0.25) is 0 Å². The molecule has 1 aliphatic heterocycles. The van der Waals surface area contributed by atoms with Crippen molar-refractivity contribution in [2.75, 3.05) is 23.5 Å². The fourth-order valence-corrected chi connectivity index (χ4v) is 4.69. The number of carbonyl (C=O) groups excluding carboxylic acids is 1. The number of hydrogen-bond donors (Lipinski definition) is 2. The number of aryl methyl sites for hydroxylation is 1. The number of benzene rings is 1. The molecule has 0 saturated heterocycles. The first-order chi connectivity index (χ1) is 12.6. The lowest BCUT2D eigenvalue weighted by Crippen LogP contribution is -2.19. The number of aliphatic imine (C=N–C) groups is 1. The average Bonchev–Trinajstić information content (AvgIpc) is 3.10. The average molecular weight is 390 g/mol. The number of amidine groups is 1. The summed E-state index contributed by atoms with van der Waals surface area (Å²) in [5, 5.41) is 7.47. The van der Waals surface area contributed by atoms with Crippen LogP contribution in [-0.4, -0.2) is 24.6 Å². The maximum absolute atomic E-state index is 12.3. The smallest absolute Gasteiger partial charge is 0.234 e. The summed E-state index contributed by atoms with van der Waals surface area (Å²) in [6.07, 6.45) is 1.87. The Morgan fingerprint density at radius 1 is 1.31 bits per heavy atom. The van der Waals surface area contributed by atoms with Crippen molar-refractivity contribution in [3.63, 3.8) is 0 Å². The predicted octanol–water partition coefficient (Wildman–Crippen LogP) is 4.92. The number of fused-ring (bicyclic) bond motifs is 1. The van der Waals surface area contributed by atoms with Gasteiger partial charge in [0.05, 0.1) is 12.9 Å². The lowest BCUT2D eigenvalue weighted by molar-refractivity contribution is -0.113. The van der Waals surface area contributed by atoms with Gasteiger partial charge >= 0.3 is 0 Å². The van der Waals surface area contributed by atoms with Crippen molar-refractivity contribution in [1.29, 1.82) is 0 Å². The second kappa shape index (κ2) is 8.60. The van der Waals surface area contributed by atoms with Crippen molar-refractivity contribution in [2.45, 2.75) is 32.1 Å². The van der Waals surface area contributed by atoms with Crippen LogP contribution < -0.4 is 15.4 Å². The molecule has 0 aliphatic carbocycles. The molecular weight excluding hydrogens is 366 g/mol. The molecule has 1 aromatic carbocycles. The molecule has 0 spiro atoms. The molecule has 1 unspecified atom stereocenters. The molecule has 2 heterocycles. The van der Waals surface area contributed by atoms with Gasteiger partial charge < -0.3 is 15.4 Å². The highest BCUT2D eigenvalue weighted by Gasteiger charge is 2.24. The second-order valence-electron chi connectivity index (χ2n) is 5.85. The monoisotopic (exact) mass is 389 g/mol. The molecule has 1 aliphatic rings. The van der Waals surface area contributed by atoms with Crippen molar-refractivity contribution in [1.82, 2.24) is 0 Å². The van der Waals surface area contributed by atoms with Gasteiger partial charge in [-0.25, -0.2) is 0 Å². The minimum absolute atomic E-state index is 0.0283. The number of amides is 1. The van der Waals surface area contributed by atoms with Crippen LogP contribution in [0.3, 0.4) is 0 Å². The van der Waals surface area contributed by atoms with Crippen LogP contribution in [-0.2, 0) is 11.2 Å². The molecule has 2 N–H and O–H groups in total. The number of anilines is 2. The van der Waals surface area contributed by atoms with Crippen molar-refractivity contribution in [3.05, 3.63) is 40.8 Å². The van der Waals surface area contributed by atoms with E-state index < -0.39 is 0 Å². The van der Waals surface area contributed by atoms with Crippen molar-refractivity contribution in [2.24, 2.45) is 4.99 Å². The molecule has 0 fully saturated rings. The minimum atomic E-state index is -0.0284. The number of hydrogen-bond acceptors (Lipinski definition) is 6. The van der Waals surface area contributed by atoms with Crippen molar-refractivity contribution < 1.29 is 9.53 Å². The van der Waals surface area contributed by atoms with Gasteiger partial charge in [0.2, 0.25) is 5.91 Å². The third-order valence-electron chi connectivity index (χ3n) is 4.04. The summed E-state index contributed by atoms with van der Waals surface area (Å²) >= 11 is 3.34. The molecule has 3 rings (SSSR count). The molecule has 2 aromatic rings. The minimum Gasteiger partial charge on any atom is -0.497 e. The molecular formula is C19H23N3O2S2. The lowest BCUT2D eigenvalue weighted by Gasteiger charge is -2.21. The van der Waals surface area contributed by atoms with E-state index in [9.17, 15) is 4.79 Å². The van der Waals surface area contributed by atoms with E-state index in [1.165, 1.54) is 15.4 Å². The Bertz CT molecular complexity index is 800. The Balaban J connectivity index is 1.63. The normalized spacial score (nSPS) is 15.7. The van der Waals surface area contributed by atoms with Crippen LogP contribution in [0.1, 0.15) is 36.1 Å². The number of carbonyl (C=O) groups is 1. The fourth-order valence-electron chi connectivity index (χ4n) is 2.62. The first kappa shape index (κ1) is 18.8. The van der Waals surface area contributed by atoms with E-state index in [0.29, 0.717) is 5.75 Å². The molecule has 5 nitrogen and oxygen atoms in total. The Kier molecular flexibility index (Phi) is 6.21. The number of methoxy groups -OCH3 is 1. The standard InChI is InChI=1S/C19H23N3O2S2/c1-4-14-10-15-18(21-16(5-2)22-19(15)26-14)25-11-17(23)20-12-6-8-13(24-3)9-7-12/h6-10,18H,4-5,11H2,1-3H3,(H,20,23)(H,21,22). The zero-order valence-electron chi connectivity index (χ0n) is 15.2. The third-order valence-corrected chi connectivity index (χ3v) is 6.35. The summed E-state index contributed by atoms with van der Waals surface area (Å²) in [6, 6.07) is 9.55. The highest BCUT2D eigenvalue weighted by Crippen LogP contribution is 2.43. The van der Waals surface area contributed by atoms with Gasteiger partial charge in [-0.1, -0.05) is 13.8 Å². The van der Waals surface area contributed by atoms with Crippen LogP contribution in [0.15, 0.2) is 35.3 Å². The zero-order valence-corrected chi connectivity index (χ0v) is 16.8. The first-order valence-electron chi connectivity index (χ1n) is 8.64. The van der Waals surface area contributed by atoms with Gasteiger partial charge in [-0.3, -0.25) is 9.79 Å². The number of ether oxygens (including phenoxy) is 1. The quantitative estimate of drug-likeness (QED) is 0.705. The van der Waals surface area contributed by atoms with Crippen LogP contribution in [0, 0.1) is 0 Å². The highest BCUT2D eigenvalue weighted by molar-refractivity contribution is 8.00. The Hall–Kier alpha value is -1.99. The van der Waals surface area contributed by atoms with Crippen LogP contribution >= 0.6 is 23.1 Å². The van der Waals surface area contributed by atoms with E-state index in [1.807, 2.05) is 24.3 Å². The first-order valence-corrected chi connectivity index (χ1v) is 10.5. The summed E-state index contributed by atoms with van der Waals surface area (Å²) in [5.74, 6) is 2.08. The summed E-state index contributed by atoms with van der Waals surface area (Å²) < 4.78 is 5.13. The maximum atomic E-state index is 12.3. The number of nitrogens with zero attached hydrogens (tertiary/aromatic N) is 1. The van der Waals surface area contributed by atoms with Gasteiger partial charge in [-0.2, -0.15) is 0 Å². The van der Waals surface area contributed by atoms with Crippen molar-refractivity contribution in [3.8, 4) is 5.75 Å². The van der Waals surface area contributed by atoms with Crippen LogP contribution in [0.5, 0.6) is 5.75 Å². The van der Waals surface area contributed by atoms with E-state index in [0.717, 1.165) is 30.1 Å². The van der Waals surface area contributed by atoms with E-state index in [1.54, 1.807) is 30.2 Å². The molecule has 1 amide bonds. The predicted molar refractivity (Wildman–Crippen MR) is 112 cm³/mol.